The van der Waals surface area contributed by atoms with E-state index in [1.165, 1.54) is 24.3 Å². The molecule has 0 saturated heterocycles. The molecule has 0 aliphatic carbocycles. The lowest BCUT2D eigenvalue weighted by Crippen LogP contribution is -2.24. The molecule has 0 unspecified atom stereocenters. The van der Waals surface area contributed by atoms with Crippen LogP contribution in [0.25, 0.3) is 11.1 Å². The Morgan fingerprint density at radius 3 is 2.64 bits per heavy atom. The minimum absolute atomic E-state index is 0.0420. The van der Waals surface area contributed by atoms with Crippen LogP contribution in [0.2, 0.25) is 0 Å². The van der Waals surface area contributed by atoms with E-state index in [0.717, 1.165) is 12.1 Å². The first-order chi connectivity index (χ1) is 10.5. The normalized spacial score (nSPS) is 10.5. The van der Waals surface area contributed by atoms with Crippen molar-refractivity contribution >= 4 is 18.5 Å². The minimum Gasteiger partial charge on any atom is -0.507 e. The number of hydrogen-bond acceptors (Lipinski definition) is 3. The summed E-state index contributed by atoms with van der Waals surface area (Å²) in [5.41, 5.74) is 0.584. The highest BCUT2D eigenvalue weighted by Crippen LogP contribution is 2.28. The number of benzene rings is 2. The second-order valence-corrected chi connectivity index (χ2v) is 5.14. The second-order valence-electron chi connectivity index (χ2n) is 4.69. The fourth-order valence-corrected chi connectivity index (χ4v) is 2.14. The van der Waals surface area contributed by atoms with Crippen LogP contribution in [0.5, 0.6) is 5.75 Å². The van der Waals surface area contributed by atoms with Crippen LogP contribution in [-0.2, 0) is 0 Å². The van der Waals surface area contributed by atoms with Crippen molar-refractivity contribution in [2.45, 2.75) is 6.42 Å². The molecule has 0 aliphatic heterocycles. The van der Waals surface area contributed by atoms with E-state index in [9.17, 15) is 18.7 Å². The van der Waals surface area contributed by atoms with Crippen molar-refractivity contribution in [1.29, 1.82) is 0 Å². The molecule has 0 aromatic heterocycles. The molecule has 0 saturated carbocycles. The Kier molecular flexibility index (Phi) is 5.38. The third kappa shape index (κ3) is 3.76. The van der Waals surface area contributed by atoms with Crippen LogP contribution in [0.3, 0.4) is 0 Å². The van der Waals surface area contributed by atoms with E-state index in [0.29, 0.717) is 24.3 Å². The number of aromatic hydroxyl groups is 1. The van der Waals surface area contributed by atoms with Crippen LogP contribution in [0.4, 0.5) is 8.78 Å². The Labute approximate surface area is 132 Å². The van der Waals surface area contributed by atoms with Gasteiger partial charge in [-0.15, -0.1) is 0 Å². The van der Waals surface area contributed by atoms with E-state index in [2.05, 4.69) is 17.9 Å². The van der Waals surface area contributed by atoms with Crippen molar-refractivity contribution in [2.75, 3.05) is 12.3 Å². The minimum atomic E-state index is -0.730. The average molecular weight is 323 g/mol. The van der Waals surface area contributed by atoms with E-state index >= 15 is 0 Å². The monoisotopic (exact) mass is 323 g/mol. The lowest BCUT2D eigenvalue weighted by molar-refractivity contribution is 0.0951. The number of thiol groups is 1. The Morgan fingerprint density at radius 2 is 1.95 bits per heavy atom. The molecule has 116 valence electrons. The van der Waals surface area contributed by atoms with E-state index < -0.39 is 17.5 Å². The highest BCUT2D eigenvalue weighted by Gasteiger charge is 2.14. The number of nitrogens with one attached hydrogen (secondary N) is 1. The molecule has 2 rings (SSSR count). The van der Waals surface area contributed by atoms with Crippen LogP contribution < -0.4 is 5.32 Å². The zero-order valence-corrected chi connectivity index (χ0v) is 12.5. The maximum Gasteiger partial charge on any atom is 0.255 e. The number of carbonyl (C=O) groups is 1. The van der Waals surface area contributed by atoms with Crippen LogP contribution >= 0.6 is 12.6 Å². The second kappa shape index (κ2) is 7.26. The summed E-state index contributed by atoms with van der Waals surface area (Å²) in [4.78, 5) is 12.0. The number of phenolic OH excluding ortho intramolecular Hbond substituents is 1. The van der Waals surface area contributed by atoms with Crippen molar-refractivity contribution in [3.05, 3.63) is 53.6 Å². The molecule has 0 radical (unpaired) electrons. The average Bonchev–Trinajstić information content (AvgIpc) is 2.48. The van der Waals surface area contributed by atoms with Crippen LogP contribution in [0, 0.1) is 11.6 Å². The summed E-state index contributed by atoms with van der Waals surface area (Å²) in [5, 5.41) is 12.4. The first kappa shape index (κ1) is 16.3. The lowest BCUT2D eigenvalue weighted by Gasteiger charge is -2.09. The number of halogens is 2. The molecule has 6 heteroatoms. The molecule has 0 aliphatic rings. The van der Waals surface area contributed by atoms with Gasteiger partial charge in [0.15, 0.2) is 0 Å². The van der Waals surface area contributed by atoms with Gasteiger partial charge in [0.05, 0.1) is 5.56 Å². The number of carbonyl (C=O) groups excluding carboxylic acids is 1. The topological polar surface area (TPSA) is 49.3 Å². The van der Waals surface area contributed by atoms with Gasteiger partial charge in [-0.3, -0.25) is 4.79 Å². The van der Waals surface area contributed by atoms with Crippen molar-refractivity contribution in [2.24, 2.45) is 0 Å². The summed E-state index contributed by atoms with van der Waals surface area (Å²) in [6.07, 6.45) is 0.696. The van der Waals surface area contributed by atoms with Gasteiger partial charge < -0.3 is 10.4 Å². The molecule has 3 nitrogen and oxygen atoms in total. The van der Waals surface area contributed by atoms with Crippen molar-refractivity contribution in [3.63, 3.8) is 0 Å². The number of hydrogen-bond donors (Lipinski definition) is 3. The first-order valence-corrected chi connectivity index (χ1v) is 7.33. The third-order valence-corrected chi connectivity index (χ3v) is 3.42. The van der Waals surface area contributed by atoms with Crippen molar-refractivity contribution in [3.8, 4) is 16.9 Å². The lowest BCUT2D eigenvalue weighted by atomic mass is 10.0. The van der Waals surface area contributed by atoms with Crippen LogP contribution in [0.15, 0.2) is 36.4 Å². The molecular formula is C16H15F2NO2S. The predicted octanol–water partition coefficient (Wildman–Crippen LogP) is 3.39. The van der Waals surface area contributed by atoms with Gasteiger partial charge in [-0.25, -0.2) is 8.78 Å². The van der Waals surface area contributed by atoms with Crippen molar-refractivity contribution < 1.29 is 18.7 Å². The molecular weight excluding hydrogens is 308 g/mol. The van der Waals surface area contributed by atoms with Gasteiger partial charge in [-0.1, -0.05) is 6.07 Å². The van der Waals surface area contributed by atoms with Crippen LogP contribution in [0.1, 0.15) is 16.8 Å². The molecule has 2 aromatic carbocycles. The highest BCUT2D eigenvalue weighted by atomic mass is 32.1. The maximum atomic E-state index is 13.8. The van der Waals surface area contributed by atoms with Gasteiger partial charge in [0.2, 0.25) is 0 Å². The smallest absolute Gasteiger partial charge is 0.255 e. The molecule has 22 heavy (non-hydrogen) atoms. The van der Waals surface area contributed by atoms with Gasteiger partial charge in [0, 0.05) is 18.2 Å². The van der Waals surface area contributed by atoms with E-state index in [1.54, 1.807) is 0 Å². The van der Waals surface area contributed by atoms with E-state index in [1.807, 2.05) is 0 Å². The fraction of sp³-hybridized carbons (Fsp3) is 0.188. The van der Waals surface area contributed by atoms with Gasteiger partial charge in [0.25, 0.3) is 5.91 Å². The summed E-state index contributed by atoms with van der Waals surface area (Å²) in [6, 6.07) is 7.36. The van der Waals surface area contributed by atoms with E-state index in [4.69, 9.17) is 0 Å². The number of rotatable bonds is 5. The summed E-state index contributed by atoms with van der Waals surface area (Å²) >= 11 is 4.04. The molecule has 0 heterocycles. The fourth-order valence-electron chi connectivity index (χ4n) is 1.99. The zero-order valence-electron chi connectivity index (χ0n) is 11.6. The quantitative estimate of drug-likeness (QED) is 0.583. The SMILES string of the molecule is O=C(NCCCS)c1cc(-c2ccc(F)cc2F)ccc1O. The Morgan fingerprint density at radius 1 is 1.18 bits per heavy atom. The van der Waals surface area contributed by atoms with E-state index in [-0.39, 0.29) is 16.9 Å². The molecule has 0 bridgehead atoms. The van der Waals surface area contributed by atoms with Gasteiger partial charge in [0.1, 0.15) is 17.4 Å². The molecule has 2 aromatic rings. The Balaban J connectivity index is 2.32. The number of phenols is 1. The van der Waals surface area contributed by atoms with Gasteiger partial charge in [-0.2, -0.15) is 12.6 Å². The highest BCUT2D eigenvalue weighted by molar-refractivity contribution is 7.80. The largest absolute Gasteiger partial charge is 0.507 e. The van der Waals surface area contributed by atoms with Crippen LogP contribution in [-0.4, -0.2) is 23.3 Å². The summed E-state index contributed by atoms with van der Waals surface area (Å²) in [5.74, 6) is -1.43. The summed E-state index contributed by atoms with van der Waals surface area (Å²) in [6.45, 7) is 0.427. The standard InChI is InChI=1S/C16H15F2NO2S/c17-11-3-4-12(14(18)9-11)10-2-5-15(20)13(8-10)16(21)19-6-1-7-22/h2-5,8-9,20,22H,1,6-7H2,(H,19,21). The Bertz CT molecular complexity index is 692. The Hall–Kier alpha value is -2.08. The molecule has 0 fully saturated rings. The predicted molar refractivity (Wildman–Crippen MR) is 84.3 cm³/mol. The zero-order chi connectivity index (χ0) is 16.1. The summed E-state index contributed by atoms with van der Waals surface area (Å²) in [7, 11) is 0. The number of amides is 1. The molecule has 1 amide bonds. The molecule has 2 N–H and O–H groups in total. The van der Waals surface area contributed by atoms with Crippen molar-refractivity contribution in [1.82, 2.24) is 5.32 Å². The van der Waals surface area contributed by atoms with Gasteiger partial charge in [-0.05, 0) is 42.0 Å². The van der Waals surface area contributed by atoms with Gasteiger partial charge >= 0.3 is 0 Å². The molecule has 0 atom stereocenters. The maximum absolute atomic E-state index is 13.8. The third-order valence-electron chi connectivity index (χ3n) is 3.10. The molecule has 0 spiro atoms. The summed E-state index contributed by atoms with van der Waals surface area (Å²) < 4.78 is 26.8. The first-order valence-electron chi connectivity index (χ1n) is 6.70.